The lowest BCUT2D eigenvalue weighted by molar-refractivity contribution is 0.581. The predicted molar refractivity (Wildman–Crippen MR) is 131 cm³/mol. The highest BCUT2D eigenvalue weighted by Gasteiger charge is 2.27. The van der Waals surface area contributed by atoms with Gasteiger partial charge in [0.15, 0.2) is 5.96 Å². The molecule has 1 unspecified atom stereocenters. The number of halogens is 1. The zero-order valence-corrected chi connectivity index (χ0v) is 20.7. The summed E-state index contributed by atoms with van der Waals surface area (Å²) < 4.78 is 27.2. The Hall–Kier alpha value is -1.17. The normalized spacial score (nSPS) is 15.4. The highest BCUT2D eigenvalue weighted by Crippen LogP contribution is 2.22. The zero-order valence-electron chi connectivity index (χ0n) is 16.7. The Morgan fingerprint density at radius 3 is 2.52 bits per heavy atom. The number of thiophene rings is 1. The molecule has 1 saturated carbocycles. The van der Waals surface area contributed by atoms with Crippen molar-refractivity contribution in [3.05, 3.63) is 52.2 Å². The van der Waals surface area contributed by atoms with Gasteiger partial charge in [0.05, 0.1) is 11.4 Å². The number of sulfonamides is 1. The minimum absolute atomic E-state index is 0. The van der Waals surface area contributed by atoms with Crippen LogP contribution in [-0.4, -0.2) is 33.5 Å². The molecule has 2 aromatic rings. The van der Waals surface area contributed by atoms with E-state index >= 15 is 0 Å². The molecule has 29 heavy (non-hydrogen) atoms. The molecular weight excluding hydrogens is 519 g/mol. The van der Waals surface area contributed by atoms with Crippen molar-refractivity contribution >= 4 is 51.3 Å². The summed E-state index contributed by atoms with van der Waals surface area (Å²) in [5.74, 6) is 1.17. The molecule has 1 fully saturated rings. The molecule has 0 spiro atoms. The highest BCUT2D eigenvalue weighted by atomic mass is 127. The number of hydrogen-bond donors (Lipinski definition) is 3. The van der Waals surface area contributed by atoms with Crippen molar-refractivity contribution in [2.75, 3.05) is 13.1 Å². The zero-order chi connectivity index (χ0) is 20.0. The van der Waals surface area contributed by atoms with Gasteiger partial charge in [-0.15, -0.1) is 35.3 Å². The van der Waals surface area contributed by atoms with Crippen molar-refractivity contribution in [2.24, 2.45) is 4.99 Å². The van der Waals surface area contributed by atoms with Gasteiger partial charge in [0.25, 0.3) is 0 Å². The van der Waals surface area contributed by atoms with E-state index in [2.05, 4.69) is 44.8 Å². The van der Waals surface area contributed by atoms with Gasteiger partial charge in [-0.05, 0) is 48.9 Å². The molecule has 0 amide bonds. The Kier molecular flexibility index (Phi) is 9.38. The topological polar surface area (TPSA) is 82.6 Å². The van der Waals surface area contributed by atoms with Crippen LogP contribution in [0.4, 0.5) is 0 Å². The van der Waals surface area contributed by atoms with Gasteiger partial charge in [-0.25, -0.2) is 18.1 Å². The van der Waals surface area contributed by atoms with Gasteiger partial charge in [0, 0.05) is 29.9 Å². The van der Waals surface area contributed by atoms with Crippen molar-refractivity contribution in [3.63, 3.8) is 0 Å². The molecule has 1 aromatic heterocycles. The first-order valence-corrected chi connectivity index (χ1v) is 12.0. The maximum Gasteiger partial charge on any atom is 0.240 e. The SMILES string of the molecule is CCNC(=NCc1ccc(S(=O)(=O)NC2CC2)cc1)NCC(C)c1cccs1.I. The summed E-state index contributed by atoms with van der Waals surface area (Å²) in [5.41, 5.74) is 0.967. The van der Waals surface area contributed by atoms with Gasteiger partial charge in [-0.1, -0.05) is 25.1 Å². The Bertz CT molecular complexity index is 880. The summed E-state index contributed by atoms with van der Waals surface area (Å²) in [6.07, 6.45) is 1.86. The van der Waals surface area contributed by atoms with Gasteiger partial charge < -0.3 is 10.6 Å². The largest absolute Gasteiger partial charge is 0.357 e. The fraction of sp³-hybridized carbons (Fsp3) is 0.450. The van der Waals surface area contributed by atoms with Crippen molar-refractivity contribution in [1.82, 2.24) is 15.4 Å². The molecule has 1 heterocycles. The standard InChI is InChI=1S/C20H28N4O2S2.HI/c1-3-21-20(22-13-15(2)19-5-4-12-27-19)23-14-16-6-10-18(11-7-16)28(25,26)24-17-8-9-17;/h4-7,10-12,15,17,24H,3,8-9,13-14H2,1-2H3,(H2,21,22,23);1H. The molecule has 3 rings (SSSR count). The van der Waals surface area contributed by atoms with E-state index in [0.717, 1.165) is 37.5 Å². The first-order valence-electron chi connectivity index (χ1n) is 9.65. The van der Waals surface area contributed by atoms with Crippen LogP contribution in [-0.2, 0) is 16.6 Å². The molecule has 1 atom stereocenters. The molecule has 3 N–H and O–H groups in total. The molecule has 1 aliphatic carbocycles. The lowest BCUT2D eigenvalue weighted by Crippen LogP contribution is -2.39. The third kappa shape index (κ3) is 7.54. The summed E-state index contributed by atoms with van der Waals surface area (Å²) in [6, 6.07) is 11.3. The second-order valence-electron chi connectivity index (χ2n) is 7.03. The van der Waals surface area contributed by atoms with Crippen molar-refractivity contribution in [3.8, 4) is 0 Å². The number of guanidine groups is 1. The number of nitrogens with one attached hydrogen (secondary N) is 3. The number of benzene rings is 1. The maximum atomic E-state index is 12.2. The molecule has 1 aliphatic rings. The van der Waals surface area contributed by atoms with Crippen LogP contribution in [0.5, 0.6) is 0 Å². The van der Waals surface area contributed by atoms with E-state index in [1.165, 1.54) is 4.88 Å². The quantitative estimate of drug-likeness (QED) is 0.254. The Morgan fingerprint density at radius 1 is 1.21 bits per heavy atom. The maximum absolute atomic E-state index is 12.2. The van der Waals surface area contributed by atoms with Crippen LogP contribution >= 0.6 is 35.3 Å². The van der Waals surface area contributed by atoms with Gasteiger partial charge >= 0.3 is 0 Å². The van der Waals surface area contributed by atoms with Gasteiger partial charge in [-0.3, -0.25) is 0 Å². The summed E-state index contributed by atoms with van der Waals surface area (Å²) in [5, 5.41) is 8.73. The van der Waals surface area contributed by atoms with E-state index in [9.17, 15) is 8.42 Å². The fourth-order valence-electron chi connectivity index (χ4n) is 2.70. The number of nitrogens with zero attached hydrogens (tertiary/aromatic N) is 1. The third-order valence-corrected chi connectivity index (χ3v) is 7.14. The van der Waals surface area contributed by atoms with E-state index in [4.69, 9.17) is 0 Å². The predicted octanol–water partition coefficient (Wildman–Crippen LogP) is 3.67. The van der Waals surface area contributed by atoms with E-state index in [0.29, 0.717) is 17.4 Å². The first-order chi connectivity index (χ1) is 13.5. The van der Waals surface area contributed by atoms with Crippen LogP contribution in [0.2, 0.25) is 0 Å². The average Bonchev–Trinajstić information content (AvgIpc) is 3.31. The number of hydrogen-bond acceptors (Lipinski definition) is 4. The Balaban J connectivity index is 0.00000300. The first kappa shape index (κ1) is 24.1. The number of rotatable bonds is 9. The van der Waals surface area contributed by atoms with E-state index in [1.807, 2.05) is 19.1 Å². The van der Waals surface area contributed by atoms with Crippen LogP contribution in [0.1, 0.15) is 43.0 Å². The Morgan fingerprint density at radius 2 is 1.93 bits per heavy atom. The average molecular weight is 549 g/mol. The molecule has 160 valence electrons. The van der Waals surface area contributed by atoms with Gasteiger partial charge in [0.1, 0.15) is 0 Å². The molecule has 0 saturated heterocycles. The van der Waals surface area contributed by atoms with Crippen LogP contribution in [0, 0.1) is 0 Å². The molecule has 1 aromatic carbocycles. The highest BCUT2D eigenvalue weighted by molar-refractivity contribution is 14.0. The van der Waals surface area contributed by atoms with Gasteiger partial charge in [0.2, 0.25) is 10.0 Å². The van der Waals surface area contributed by atoms with Crippen LogP contribution < -0.4 is 15.4 Å². The third-order valence-electron chi connectivity index (χ3n) is 4.50. The van der Waals surface area contributed by atoms with E-state index in [-0.39, 0.29) is 30.0 Å². The molecule has 9 heteroatoms. The molecule has 0 bridgehead atoms. The van der Waals surface area contributed by atoms with Crippen LogP contribution in [0.25, 0.3) is 0 Å². The Labute approximate surface area is 194 Å². The van der Waals surface area contributed by atoms with Gasteiger partial charge in [-0.2, -0.15) is 0 Å². The minimum Gasteiger partial charge on any atom is -0.357 e. The fourth-order valence-corrected chi connectivity index (χ4v) is 4.79. The smallest absolute Gasteiger partial charge is 0.240 e. The molecule has 0 radical (unpaired) electrons. The number of aliphatic imine (C=N–C) groups is 1. The summed E-state index contributed by atoms with van der Waals surface area (Å²) in [7, 11) is -3.40. The molecule has 6 nitrogen and oxygen atoms in total. The van der Waals surface area contributed by atoms with E-state index < -0.39 is 10.0 Å². The molecular formula is C20H29IN4O2S2. The van der Waals surface area contributed by atoms with Crippen molar-refractivity contribution < 1.29 is 8.42 Å². The summed E-state index contributed by atoms with van der Waals surface area (Å²) in [4.78, 5) is 6.27. The lowest BCUT2D eigenvalue weighted by Gasteiger charge is -2.15. The lowest BCUT2D eigenvalue weighted by atomic mass is 10.1. The summed E-state index contributed by atoms with van der Waals surface area (Å²) >= 11 is 1.76. The van der Waals surface area contributed by atoms with Crippen molar-refractivity contribution in [1.29, 1.82) is 0 Å². The summed E-state index contributed by atoms with van der Waals surface area (Å²) in [6.45, 7) is 6.29. The van der Waals surface area contributed by atoms with Crippen LogP contribution in [0.3, 0.4) is 0 Å². The molecule has 0 aliphatic heterocycles. The van der Waals surface area contributed by atoms with Crippen molar-refractivity contribution in [2.45, 2.75) is 50.1 Å². The minimum atomic E-state index is -3.40. The second-order valence-corrected chi connectivity index (χ2v) is 9.73. The monoisotopic (exact) mass is 548 g/mol. The van der Waals surface area contributed by atoms with Crippen LogP contribution in [0.15, 0.2) is 51.7 Å². The second kappa shape index (κ2) is 11.3. The van der Waals surface area contributed by atoms with E-state index in [1.54, 1.807) is 23.5 Å².